The summed E-state index contributed by atoms with van der Waals surface area (Å²) in [4.78, 5) is 20.9. The van der Waals surface area contributed by atoms with Crippen LogP contribution in [0.25, 0.3) is 21.6 Å². The van der Waals surface area contributed by atoms with E-state index < -0.39 is 6.09 Å². The largest absolute Gasteiger partial charge is 0.444 e. The van der Waals surface area contributed by atoms with E-state index in [2.05, 4.69) is 15.3 Å². The smallest absolute Gasteiger partial charge is 0.412 e. The summed E-state index contributed by atoms with van der Waals surface area (Å²) in [5, 5.41) is 4.03. The average Bonchev–Trinajstić information content (AvgIpc) is 3.23. The van der Waals surface area contributed by atoms with E-state index in [0.717, 1.165) is 22.2 Å². The molecule has 0 saturated carbocycles. The maximum absolute atomic E-state index is 13.1. The molecule has 142 valence electrons. The zero-order valence-corrected chi connectivity index (χ0v) is 16.1. The number of benzene rings is 2. The van der Waals surface area contributed by atoms with Gasteiger partial charge >= 0.3 is 6.09 Å². The van der Waals surface area contributed by atoms with Crippen LogP contribution < -0.4 is 5.32 Å². The van der Waals surface area contributed by atoms with Crippen LogP contribution in [0.15, 0.2) is 48.8 Å². The molecule has 4 aromatic rings. The van der Waals surface area contributed by atoms with E-state index >= 15 is 0 Å². The molecule has 0 aliphatic heterocycles. The third-order valence-corrected chi connectivity index (χ3v) is 5.39. The number of aromatic nitrogens is 3. The molecule has 1 N–H and O–H groups in total. The lowest BCUT2D eigenvalue weighted by atomic mass is 10.2. The van der Waals surface area contributed by atoms with Crippen LogP contribution in [0, 0.1) is 12.7 Å². The molecule has 8 heteroatoms. The highest BCUT2D eigenvalue weighted by Crippen LogP contribution is 2.32. The number of thiazole rings is 1. The predicted octanol–water partition coefficient (Wildman–Crippen LogP) is 4.89. The van der Waals surface area contributed by atoms with Crippen molar-refractivity contribution in [2.24, 2.45) is 7.05 Å². The average molecular weight is 396 g/mol. The van der Waals surface area contributed by atoms with E-state index in [1.165, 1.54) is 23.5 Å². The number of carbonyl (C=O) groups excluding carboxylic acids is 1. The first kappa shape index (κ1) is 18.1. The number of anilines is 1. The third-order valence-electron chi connectivity index (χ3n) is 4.26. The lowest BCUT2D eigenvalue weighted by molar-refractivity contribution is 0.155. The Morgan fingerprint density at radius 3 is 2.82 bits per heavy atom. The number of imidazole rings is 1. The van der Waals surface area contributed by atoms with Crippen LogP contribution in [0.5, 0.6) is 0 Å². The molecule has 0 fully saturated rings. The summed E-state index contributed by atoms with van der Waals surface area (Å²) in [5.74, 6) is -0.303. The highest BCUT2D eigenvalue weighted by molar-refractivity contribution is 7.19. The zero-order chi connectivity index (χ0) is 19.7. The van der Waals surface area contributed by atoms with Crippen molar-refractivity contribution in [3.63, 3.8) is 0 Å². The summed E-state index contributed by atoms with van der Waals surface area (Å²) in [6.07, 6.45) is 1.19. The van der Waals surface area contributed by atoms with Gasteiger partial charge in [-0.3, -0.25) is 5.32 Å². The van der Waals surface area contributed by atoms with Crippen molar-refractivity contribution in [3.05, 3.63) is 65.9 Å². The van der Waals surface area contributed by atoms with Crippen molar-refractivity contribution in [3.8, 4) is 10.6 Å². The van der Waals surface area contributed by atoms with E-state index in [-0.39, 0.29) is 12.4 Å². The van der Waals surface area contributed by atoms with Crippen LogP contribution in [-0.2, 0) is 18.4 Å². The fourth-order valence-corrected chi connectivity index (χ4v) is 3.74. The first-order valence-corrected chi connectivity index (χ1v) is 9.38. The molecule has 6 nitrogen and oxygen atoms in total. The third kappa shape index (κ3) is 3.72. The first-order chi connectivity index (χ1) is 13.5. The molecule has 0 aliphatic carbocycles. The van der Waals surface area contributed by atoms with Gasteiger partial charge in [0.1, 0.15) is 22.4 Å². The van der Waals surface area contributed by atoms with Gasteiger partial charge < -0.3 is 9.30 Å². The van der Waals surface area contributed by atoms with Gasteiger partial charge in [0.2, 0.25) is 0 Å². The minimum atomic E-state index is -0.557. The number of hydrogen-bond donors (Lipinski definition) is 1. The lowest BCUT2D eigenvalue weighted by Gasteiger charge is -2.06. The number of amides is 1. The van der Waals surface area contributed by atoms with Gasteiger partial charge in [0.25, 0.3) is 0 Å². The number of nitrogens with one attached hydrogen (secondary N) is 1. The number of hydrogen-bond acceptors (Lipinski definition) is 5. The molecule has 0 spiro atoms. The molecule has 0 bridgehead atoms. The Morgan fingerprint density at radius 2 is 2.04 bits per heavy atom. The fourth-order valence-electron chi connectivity index (χ4n) is 2.78. The second-order valence-electron chi connectivity index (χ2n) is 6.32. The molecule has 4 rings (SSSR count). The molecule has 0 atom stereocenters. The maximum Gasteiger partial charge on any atom is 0.412 e. The van der Waals surface area contributed by atoms with E-state index in [0.29, 0.717) is 15.7 Å². The zero-order valence-electron chi connectivity index (χ0n) is 15.3. The Morgan fingerprint density at radius 1 is 1.25 bits per heavy atom. The second-order valence-corrected chi connectivity index (χ2v) is 7.32. The molecule has 28 heavy (non-hydrogen) atoms. The van der Waals surface area contributed by atoms with Crippen molar-refractivity contribution < 1.29 is 13.9 Å². The van der Waals surface area contributed by atoms with Crippen LogP contribution in [0.3, 0.4) is 0 Å². The van der Waals surface area contributed by atoms with Crippen LogP contribution in [0.2, 0.25) is 0 Å². The molecular weight excluding hydrogens is 379 g/mol. The number of fused-ring (bicyclic) bond motifs is 1. The first-order valence-electron chi connectivity index (χ1n) is 8.57. The Bertz CT molecular complexity index is 1150. The van der Waals surface area contributed by atoms with Gasteiger partial charge in [-0.05, 0) is 48.9 Å². The molecule has 0 aliphatic rings. The van der Waals surface area contributed by atoms with Crippen molar-refractivity contribution in [2.75, 3.05) is 5.32 Å². The number of halogens is 1. The summed E-state index contributed by atoms with van der Waals surface area (Å²) in [5.41, 5.74) is 4.19. The van der Waals surface area contributed by atoms with Crippen molar-refractivity contribution in [1.29, 1.82) is 0 Å². The minimum Gasteiger partial charge on any atom is -0.444 e. The number of nitrogens with zero attached hydrogens (tertiary/aromatic N) is 3. The number of carbonyl (C=O) groups is 1. The van der Waals surface area contributed by atoms with Gasteiger partial charge in [0, 0.05) is 12.6 Å². The Kier molecular flexibility index (Phi) is 4.79. The summed E-state index contributed by atoms with van der Waals surface area (Å²) >= 11 is 1.31. The summed E-state index contributed by atoms with van der Waals surface area (Å²) in [6, 6.07) is 11.8. The van der Waals surface area contributed by atoms with Gasteiger partial charge in [-0.2, -0.15) is 0 Å². The highest BCUT2D eigenvalue weighted by Gasteiger charge is 2.13. The number of aryl methyl sites for hydroxylation is 2. The highest BCUT2D eigenvalue weighted by atomic mass is 32.1. The van der Waals surface area contributed by atoms with Crippen LogP contribution in [-0.4, -0.2) is 20.6 Å². The predicted molar refractivity (Wildman–Crippen MR) is 107 cm³/mol. The molecule has 1 amide bonds. The van der Waals surface area contributed by atoms with Crippen LogP contribution in [0.1, 0.15) is 11.3 Å². The minimum absolute atomic E-state index is 0.140. The van der Waals surface area contributed by atoms with E-state index in [1.54, 1.807) is 25.4 Å². The standard InChI is InChI=1S/C20H17FN4O2S/c1-12-18(28-19(23-12)14-4-6-15(21)7-5-14)24-20(26)27-10-13-3-8-17-16(9-13)22-11-25(17)2/h3-9,11H,10H2,1-2H3,(H,24,26). The van der Waals surface area contributed by atoms with Gasteiger partial charge in [0.15, 0.2) is 0 Å². The van der Waals surface area contributed by atoms with Crippen molar-refractivity contribution in [1.82, 2.24) is 14.5 Å². The summed E-state index contributed by atoms with van der Waals surface area (Å²) < 4.78 is 20.3. The Labute approximate surface area is 164 Å². The van der Waals surface area contributed by atoms with E-state index in [1.807, 2.05) is 29.8 Å². The van der Waals surface area contributed by atoms with Gasteiger partial charge in [-0.15, -0.1) is 0 Å². The molecule has 2 heterocycles. The topological polar surface area (TPSA) is 69.0 Å². The van der Waals surface area contributed by atoms with Crippen LogP contribution >= 0.6 is 11.3 Å². The van der Waals surface area contributed by atoms with Gasteiger partial charge in [-0.25, -0.2) is 19.2 Å². The normalized spacial score (nSPS) is 11.0. The molecule has 0 saturated heterocycles. The van der Waals surface area contributed by atoms with E-state index in [9.17, 15) is 9.18 Å². The van der Waals surface area contributed by atoms with Crippen molar-refractivity contribution >= 4 is 33.5 Å². The maximum atomic E-state index is 13.1. The molecule has 0 radical (unpaired) electrons. The van der Waals surface area contributed by atoms with Crippen molar-refractivity contribution in [2.45, 2.75) is 13.5 Å². The van der Waals surface area contributed by atoms with Gasteiger partial charge in [0.05, 0.1) is 23.1 Å². The summed E-state index contributed by atoms with van der Waals surface area (Å²) in [6.45, 7) is 1.94. The Balaban J connectivity index is 1.41. The fraction of sp³-hybridized carbons (Fsp3) is 0.150. The molecular formula is C20H17FN4O2S. The molecule has 0 unspecified atom stereocenters. The SMILES string of the molecule is Cc1nc(-c2ccc(F)cc2)sc1NC(=O)OCc1ccc2c(c1)ncn2C. The Hall–Kier alpha value is -3.26. The number of ether oxygens (including phenoxy) is 1. The van der Waals surface area contributed by atoms with E-state index in [4.69, 9.17) is 4.74 Å². The second kappa shape index (κ2) is 7.40. The quantitative estimate of drug-likeness (QED) is 0.533. The summed E-state index contributed by atoms with van der Waals surface area (Å²) in [7, 11) is 1.93. The molecule has 2 aromatic heterocycles. The number of rotatable bonds is 4. The lowest BCUT2D eigenvalue weighted by Crippen LogP contribution is -2.13. The van der Waals surface area contributed by atoms with Crippen LogP contribution in [0.4, 0.5) is 14.2 Å². The van der Waals surface area contributed by atoms with Gasteiger partial charge in [-0.1, -0.05) is 17.4 Å². The molecule has 2 aromatic carbocycles. The monoisotopic (exact) mass is 396 g/mol.